The van der Waals surface area contributed by atoms with Gasteiger partial charge in [0.05, 0.1) is 16.5 Å². The fraction of sp³-hybridized carbons (Fsp3) is 0.412. The Morgan fingerprint density at radius 3 is 2.75 bits per heavy atom. The molecule has 0 amide bonds. The lowest BCUT2D eigenvalue weighted by atomic mass is 10.3. The van der Waals surface area contributed by atoms with Crippen LogP contribution in [0.1, 0.15) is 26.7 Å². The number of halogens is 2. The summed E-state index contributed by atoms with van der Waals surface area (Å²) in [5.41, 5.74) is 0.678. The van der Waals surface area contributed by atoms with Crippen molar-refractivity contribution in [2.45, 2.75) is 44.7 Å². The zero-order valence-electron chi connectivity index (χ0n) is 15.3. The number of hydrogen-bond donors (Lipinski definition) is 0. The van der Waals surface area contributed by atoms with Crippen molar-refractivity contribution in [3.8, 4) is 0 Å². The Hall–Kier alpha value is -1.91. The maximum absolute atomic E-state index is 14.4. The number of carbonyl (C=O) groups is 1. The lowest BCUT2D eigenvalue weighted by molar-refractivity contribution is -0.140. The molecule has 28 heavy (non-hydrogen) atoms. The third-order valence-corrected chi connectivity index (χ3v) is 6.11. The normalized spacial score (nSPS) is 13.9. The van der Waals surface area contributed by atoms with E-state index in [-0.39, 0.29) is 21.3 Å². The maximum Gasteiger partial charge on any atom is 0.345 e. The van der Waals surface area contributed by atoms with Crippen molar-refractivity contribution in [3.05, 3.63) is 37.4 Å². The van der Waals surface area contributed by atoms with Crippen molar-refractivity contribution >= 4 is 52.1 Å². The summed E-state index contributed by atoms with van der Waals surface area (Å²) in [7, 11) is 0. The molecule has 0 bridgehead atoms. The summed E-state index contributed by atoms with van der Waals surface area (Å²) in [6.45, 7) is 4.71. The molecule has 2 aromatic rings. The van der Waals surface area contributed by atoms with E-state index in [4.69, 9.17) is 16.4 Å². The molecule has 0 radical (unpaired) electrons. The summed E-state index contributed by atoms with van der Waals surface area (Å²) in [5.74, 6) is -1.18. The van der Waals surface area contributed by atoms with Crippen LogP contribution < -0.4 is 9.67 Å². The molecule has 1 aromatic heterocycles. The molecule has 1 aromatic carbocycles. The van der Waals surface area contributed by atoms with Gasteiger partial charge in [-0.25, -0.2) is 18.9 Å². The first kappa shape index (κ1) is 20.8. The lowest BCUT2D eigenvalue weighted by Gasteiger charge is -2.15. The van der Waals surface area contributed by atoms with Gasteiger partial charge in [-0.15, -0.1) is 11.8 Å². The van der Waals surface area contributed by atoms with E-state index in [0.717, 1.165) is 42.0 Å². The van der Waals surface area contributed by atoms with Crippen LogP contribution in [-0.4, -0.2) is 26.8 Å². The zero-order chi connectivity index (χ0) is 20.3. The quantitative estimate of drug-likeness (QED) is 0.306. The molecule has 7 nitrogen and oxygen atoms in total. The van der Waals surface area contributed by atoms with Gasteiger partial charge in [0.25, 0.3) is 0 Å². The summed E-state index contributed by atoms with van der Waals surface area (Å²) in [4.78, 5) is 33.7. The summed E-state index contributed by atoms with van der Waals surface area (Å²) < 4.78 is 17.8. The van der Waals surface area contributed by atoms with Gasteiger partial charge in [-0.2, -0.15) is 0 Å². The van der Waals surface area contributed by atoms with Gasteiger partial charge in [0, 0.05) is 18.0 Å². The number of aromatic nitrogens is 2. The van der Waals surface area contributed by atoms with E-state index in [2.05, 4.69) is 10.1 Å². The average Bonchev–Trinajstić information content (AvgIpc) is 2.97. The van der Waals surface area contributed by atoms with Crippen molar-refractivity contribution in [2.24, 2.45) is 10.1 Å². The van der Waals surface area contributed by atoms with Gasteiger partial charge in [-0.3, -0.25) is 9.48 Å². The van der Waals surface area contributed by atoms with Gasteiger partial charge in [-0.1, -0.05) is 16.8 Å². The highest BCUT2D eigenvalue weighted by atomic mass is 35.5. The van der Waals surface area contributed by atoms with Gasteiger partial charge in [0.2, 0.25) is 4.80 Å². The first-order valence-corrected chi connectivity index (χ1v) is 10.7. The largest absolute Gasteiger partial charge is 0.345 e. The Kier molecular flexibility index (Phi) is 6.73. The Morgan fingerprint density at radius 1 is 1.32 bits per heavy atom. The molecular weight excluding hydrogens is 427 g/mol. The highest BCUT2D eigenvalue weighted by Crippen LogP contribution is 2.33. The molecule has 0 saturated carbocycles. The van der Waals surface area contributed by atoms with Crippen LogP contribution in [0.4, 0.5) is 10.1 Å². The Labute approximate surface area is 173 Å². The first-order valence-electron chi connectivity index (χ1n) is 8.53. The van der Waals surface area contributed by atoms with E-state index in [1.54, 1.807) is 23.2 Å². The summed E-state index contributed by atoms with van der Waals surface area (Å²) in [5, 5.41) is 3.77. The van der Waals surface area contributed by atoms with Crippen LogP contribution in [0.25, 0.3) is 0 Å². The van der Waals surface area contributed by atoms with Crippen LogP contribution in [0.3, 0.4) is 0 Å². The molecule has 0 spiro atoms. The fourth-order valence-electron chi connectivity index (χ4n) is 2.54. The number of fused-ring (bicyclic) bond motifs is 1. The van der Waals surface area contributed by atoms with Crippen LogP contribution in [0.5, 0.6) is 0 Å². The predicted octanol–water partition coefficient (Wildman–Crippen LogP) is 3.56. The number of nitrogens with zero attached hydrogens (tertiary/aromatic N) is 4. The van der Waals surface area contributed by atoms with E-state index in [1.165, 1.54) is 6.07 Å². The molecule has 0 atom stereocenters. The zero-order valence-corrected chi connectivity index (χ0v) is 17.7. The number of benzene rings is 1. The summed E-state index contributed by atoms with van der Waals surface area (Å²) in [6, 6.07) is 2.62. The van der Waals surface area contributed by atoms with Crippen molar-refractivity contribution in [1.29, 1.82) is 0 Å². The molecule has 11 heteroatoms. The Balaban J connectivity index is 1.87. The molecule has 0 N–H and O–H groups in total. The van der Waals surface area contributed by atoms with Gasteiger partial charge in [-0.05, 0) is 50.2 Å². The second-order valence-corrected chi connectivity index (χ2v) is 8.58. The van der Waals surface area contributed by atoms with Crippen LogP contribution >= 0.6 is 34.7 Å². The lowest BCUT2D eigenvalue weighted by Crippen LogP contribution is -2.31. The monoisotopic (exact) mass is 444 g/mol. The molecule has 1 aliphatic rings. The van der Waals surface area contributed by atoms with E-state index in [9.17, 15) is 14.0 Å². The smallest absolute Gasteiger partial charge is 0.317 e. The predicted molar refractivity (Wildman–Crippen MR) is 108 cm³/mol. The van der Waals surface area contributed by atoms with E-state index < -0.39 is 11.8 Å². The van der Waals surface area contributed by atoms with Crippen molar-refractivity contribution in [3.63, 3.8) is 0 Å². The number of thioether (sulfide) groups is 1. The van der Waals surface area contributed by atoms with Crippen LogP contribution in [-0.2, 0) is 22.7 Å². The SMILES string of the molecule is CC(C)=NOC(=O)CSc1cc(N=c2sc(=O)n3n2CCCC3)c(F)cc1Cl. The topological polar surface area (TPSA) is 78.0 Å². The van der Waals surface area contributed by atoms with Crippen LogP contribution in [0.15, 0.2) is 32.0 Å². The third-order valence-electron chi connectivity index (χ3n) is 3.78. The number of oxime groups is 1. The minimum atomic E-state index is -0.598. The van der Waals surface area contributed by atoms with Gasteiger partial charge in [0.15, 0.2) is 0 Å². The second-order valence-electron chi connectivity index (χ2n) is 6.24. The Bertz CT molecular complexity index is 1050. The van der Waals surface area contributed by atoms with Crippen LogP contribution in [0.2, 0.25) is 5.02 Å². The second kappa shape index (κ2) is 9.06. The Morgan fingerprint density at radius 2 is 2.04 bits per heavy atom. The molecule has 0 unspecified atom stereocenters. The molecular formula is C17H18ClFN4O3S2. The van der Waals surface area contributed by atoms with Crippen LogP contribution in [0, 0.1) is 5.82 Å². The highest BCUT2D eigenvalue weighted by molar-refractivity contribution is 8.00. The standard InChI is InChI=1S/C17H18ClFN4O3S2/c1-10(2)21-26-15(24)9-27-14-8-13(12(19)7-11(14)18)20-16-22-5-3-4-6-23(22)17(25)28-16/h7-8H,3-6,9H2,1-2H3. The molecule has 150 valence electrons. The number of carbonyl (C=O) groups excluding carboxylic acids is 1. The average molecular weight is 445 g/mol. The molecule has 0 aliphatic carbocycles. The molecule has 3 rings (SSSR count). The van der Waals surface area contributed by atoms with E-state index in [0.29, 0.717) is 28.5 Å². The van der Waals surface area contributed by atoms with Gasteiger partial charge >= 0.3 is 10.8 Å². The minimum absolute atomic E-state index is 0.0364. The van der Waals surface area contributed by atoms with Gasteiger partial charge < -0.3 is 4.84 Å². The maximum atomic E-state index is 14.4. The van der Waals surface area contributed by atoms with E-state index in [1.807, 2.05) is 0 Å². The van der Waals surface area contributed by atoms with Crippen molar-refractivity contribution in [2.75, 3.05) is 5.75 Å². The van der Waals surface area contributed by atoms with Gasteiger partial charge in [0.1, 0.15) is 11.5 Å². The highest BCUT2D eigenvalue weighted by Gasteiger charge is 2.15. The fourth-order valence-corrected chi connectivity index (χ4v) is 4.46. The molecule has 1 aliphatic heterocycles. The van der Waals surface area contributed by atoms with E-state index >= 15 is 0 Å². The summed E-state index contributed by atoms with van der Waals surface area (Å²) in [6.07, 6.45) is 1.87. The number of rotatable bonds is 5. The minimum Gasteiger partial charge on any atom is -0.317 e. The third kappa shape index (κ3) is 4.92. The molecule has 0 fully saturated rings. The van der Waals surface area contributed by atoms with Crippen molar-refractivity contribution in [1.82, 2.24) is 9.36 Å². The first-order chi connectivity index (χ1) is 13.3. The number of hydrogen-bond acceptors (Lipinski definition) is 7. The summed E-state index contributed by atoms with van der Waals surface area (Å²) >= 11 is 8.18. The molecule has 2 heterocycles. The molecule has 0 saturated heterocycles. The van der Waals surface area contributed by atoms with Crippen molar-refractivity contribution < 1.29 is 14.0 Å².